The molecule has 0 radical (unpaired) electrons. The molecule has 5 rings (SSSR count). The van der Waals surface area contributed by atoms with E-state index in [0.29, 0.717) is 0 Å². The van der Waals surface area contributed by atoms with Crippen LogP contribution < -0.4 is 0 Å². The third-order valence-corrected chi connectivity index (χ3v) is 16.9. The van der Waals surface area contributed by atoms with Gasteiger partial charge in [-0.2, -0.15) is 0 Å². The number of hydrogen-bond acceptors (Lipinski definition) is 0. The molecular weight excluding hydrogens is 432 g/mol. The predicted octanol–water partition coefficient (Wildman–Crippen LogP) is 7.16. The van der Waals surface area contributed by atoms with Crippen molar-refractivity contribution in [3.05, 3.63) is 79.9 Å². The maximum absolute atomic E-state index is 2.63. The summed E-state index contributed by atoms with van der Waals surface area (Å²) in [6, 6.07) is 10.2. The molecule has 0 spiro atoms. The fourth-order valence-corrected chi connectivity index (χ4v) is 16.0. The Morgan fingerprint density at radius 1 is 0.607 bits per heavy atom. The molecule has 1 heterocycles. The van der Waals surface area contributed by atoms with Crippen molar-refractivity contribution in [1.82, 2.24) is 0 Å². The fraction of sp³-hybridized carbons (Fsp3) is 0.385. The minimum atomic E-state index is -1.77. The van der Waals surface area contributed by atoms with Gasteiger partial charge in [-0.15, -0.1) is 0 Å². The Morgan fingerprint density at radius 3 is 1.36 bits per heavy atom. The van der Waals surface area contributed by atoms with Gasteiger partial charge in [-0.05, 0) is 0 Å². The average molecular weight is 462 g/mol. The number of hydrogen-bond donors (Lipinski definition) is 0. The number of fused-ring (bicyclic) bond motifs is 8. The van der Waals surface area contributed by atoms with Gasteiger partial charge < -0.3 is 0 Å². The van der Waals surface area contributed by atoms with Gasteiger partial charge in [0.25, 0.3) is 0 Å². The van der Waals surface area contributed by atoms with Gasteiger partial charge in [0.2, 0.25) is 0 Å². The minimum absolute atomic E-state index is 0.703. The fourth-order valence-electron chi connectivity index (χ4n) is 6.15. The molecule has 0 saturated heterocycles. The van der Waals surface area contributed by atoms with Crippen molar-refractivity contribution in [2.75, 3.05) is 0 Å². The Bertz CT molecular complexity index is 1040. The molecule has 0 N–H and O–H groups in total. The average Bonchev–Trinajstić information content (AvgIpc) is 3.03. The van der Waals surface area contributed by atoms with E-state index in [1.807, 2.05) is 0 Å². The Hall–Kier alpha value is -0.980. The second-order valence-corrected chi connectivity index (χ2v) is 17.7. The standard InChI is InChI=1S/C26H30Si.Zr/c1-15-9-21-11-19(5)25(23(21)13-17(15)3)27(7,8)26-20(6)12-22-10-16(2)18(4)14-24(22)26;/h9-14H,1-8H3;. The molecule has 2 heteroatoms. The van der Waals surface area contributed by atoms with Crippen LogP contribution >= 0.6 is 0 Å². The zero-order valence-electron chi connectivity index (χ0n) is 18.5. The molecular formula is C26H30SiZr. The summed E-state index contributed by atoms with van der Waals surface area (Å²) < 4.78 is 1.52. The van der Waals surface area contributed by atoms with E-state index in [0.717, 1.165) is 7.25 Å². The van der Waals surface area contributed by atoms with E-state index in [1.54, 1.807) is 43.8 Å². The molecule has 0 saturated carbocycles. The van der Waals surface area contributed by atoms with E-state index in [9.17, 15) is 0 Å². The number of allylic oxidation sites excluding steroid dienone is 2. The molecule has 1 aliphatic heterocycles. The maximum atomic E-state index is 2.63. The predicted molar refractivity (Wildman–Crippen MR) is 120 cm³/mol. The summed E-state index contributed by atoms with van der Waals surface area (Å²) in [5.41, 5.74) is 16.0. The quantitative estimate of drug-likeness (QED) is 0.365. The topological polar surface area (TPSA) is 0 Å². The van der Waals surface area contributed by atoms with E-state index in [2.05, 4.69) is 78.9 Å². The second kappa shape index (κ2) is 6.02. The SMILES string of the molecule is CC1=C2c3cc(C)c(C)cc3[CH]1[Zr][CH]1C(C)=C(c3cc(C)c(C)cc31)[Si]2(C)C. The monoisotopic (exact) mass is 460 g/mol. The van der Waals surface area contributed by atoms with Crippen LogP contribution in [0.15, 0.2) is 35.4 Å². The molecule has 3 aliphatic rings. The zero-order chi connectivity index (χ0) is 20.1. The van der Waals surface area contributed by atoms with E-state index in [-0.39, 0.29) is 0 Å². The van der Waals surface area contributed by atoms with E-state index in [4.69, 9.17) is 0 Å². The Kier molecular flexibility index (Phi) is 4.09. The van der Waals surface area contributed by atoms with E-state index in [1.165, 1.54) is 22.3 Å². The van der Waals surface area contributed by atoms with Crippen molar-refractivity contribution in [1.29, 1.82) is 0 Å². The normalized spacial score (nSPS) is 24.0. The molecule has 2 aromatic carbocycles. The summed E-state index contributed by atoms with van der Waals surface area (Å²) in [6.07, 6.45) is 0. The van der Waals surface area contributed by atoms with Crippen LogP contribution in [0.4, 0.5) is 0 Å². The van der Waals surface area contributed by atoms with Crippen molar-refractivity contribution in [2.45, 2.75) is 61.9 Å². The number of rotatable bonds is 0. The van der Waals surface area contributed by atoms with Gasteiger partial charge in [-0.25, -0.2) is 0 Å². The van der Waals surface area contributed by atoms with Crippen molar-refractivity contribution in [3.8, 4) is 0 Å². The van der Waals surface area contributed by atoms with Gasteiger partial charge >= 0.3 is 184 Å². The van der Waals surface area contributed by atoms with Gasteiger partial charge in [-0.1, -0.05) is 0 Å². The van der Waals surface area contributed by atoms with Crippen LogP contribution in [0.3, 0.4) is 0 Å². The number of aryl methyl sites for hydroxylation is 4. The van der Waals surface area contributed by atoms with Gasteiger partial charge in [0.05, 0.1) is 0 Å². The Balaban J connectivity index is 1.83. The van der Waals surface area contributed by atoms with Gasteiger partial charge in [0.15, 0.2) is 0 Å². The van der Waals surface area contributed by atoms with Crippen LogP contribution in [0, 0.1) is 27.7 Å². The first-order valence-electron chi connectivity index (χ1n) is 10.5. The Labute approximate surface area is 182 Å². The molecule has 0 nitrogen and oxygen atoms in total. The zero-order valence-corrected chi connectivity index (χ0v) is 21.9. The molecule has 0 amide bonds. The summed E-state index contributed by atoms with van der Waals surface area (Å²) in [5, 5.41) is 3.55. The molecule has 28 heavy (non-hydrogen) atoms. The van der Waals surface area contributed by atoms with Crippen LogP contribution in [0.1, 0.15) is 65.6 Å². The van der Waals surface area contributed by atoms with Crippen LogP contribution in [0.2, 0.25) is 13.1 Å². The first-order valence-corrected chi connectivity index (χ1v) is 16.4. The first-order chi connectivity index (χ1) is 13.1. The molecule has 0 aromatic heterocycles. The first kappa shape index (κ1) is 19.0. The van der Waals surface area contributed by atoms with Gasteiger partial charge in [0, 0.05) is 0 Å². The molecule has 2 aliphatic carbocycles. The second-order valence-electron chi connectivity index (χ2n) is 9.82. The van der Waals surface area contributed by atoms with Gasteiger partial charge in [0.1, 0.15) is 0 Å². The summed E-state index contributed by atoms with van der Waals surface area (Å²) in [7, 11) is -1.77. The van der Waals surface area contributed by atoms with Crippen LogP contribution in [-0.2, 0) is 23.2 Å². The summed E-state index contributed by atoms with van der Waals surface area (Å²) in [4.78, 5) is 0. The molecule has 2 atom stereocenters. The van der Waals surface area contributed by atoms with E-state index < -0.39 is 31.3 Å². The molecule has 2 unspecified atom stereocenters. The molecule has 2 aromatic rings. The van der Waals surface area contributed by atoms with Crippen molar-refractivity contribution in [3.63, 3.8) is 0 Å². The van der Waals surface area contributed by atoms with Crippen molar-refractivity contribution >= 4 is 18.5 Å². The molecule has 4 bridgehead atoms. The third kappa shape index (κ3) is 2.31. The number of benzene rings is 2. The van der Waals surface area contributed by atoms with Crippen molar-refractivity contribution in [2.24, 2.45) is 0 Å². The van der Waals surface area contributed by atoms with Crippen LogP contribution in [-0.4, -0.2) is 8.07 Å². The summed E-state index contributed by atoms with van der Waals surface area (Å²) in [6.45, 7) is 19.4. The van der Waals surface area contributed by atoms with Gasteiger partial charge in [-0.3, -0.25) is 0 Å². The third-order valence-electron chi connectivity index (χ3n) is 7.73. The molecule has 0 fully saturated rings. The Morgan fingerprint density at radius 2 is 0.964 bits per heavy atom. The van der Waals surface area contributed by atoms with Crippen LogP contribution in [0.5, 0.6) is 0 Å². The van der Waals surface area contributed by atoms with Crippen LogP contribution in [0.25, 0.3) is 10.4 Å². The summed E-state index contributed by atoms with van der Waals surface area (Å²) in [5.74, 6) is 0. The molecule has 142 valence electrons. The van der Waals surface area contributed by atoms with Crippen molar-refractivity contribution < 1.29 is 23.2 Å². The summed E-state index contributed by atoms with van der Waals surface area (Å²) >= 11 is -0.703. The van der Waals surface area contributed by atoms with E-state index >= 15 is 0 Å².